The number of halogens is 2. The zero-order valence-electron chi connectivity index (χ0n) is 11.7. The van der Waals surface area contributed by atoms with E-state index in [1.807, 2.05) is 6.92 Å². The van der Waals surface area contributed by atoms with E-state index in [-0.39, 0.29) is 21.7 Å². The third-order valence-electron chi connectivity index (χ3n) is 3.45. The lowest BCUT2D eigenvalue weighted by Crippen LogP contribution is -2.29. The molecule has 8 heteroatoms. The van der Waals surface area contributed by atoms with Crippen molar-refractivity contribution in [3.8, 4) is 5.82 Å². The molecule has 0 radical (unpaired) electrons. The Morgan fingerprint density at radius 3 is 2.86 bits per heavy atom. The molecule has 0 aliphatic rings. The first-order chi connectivity index (χ1) is 10.5. The monoisotopic (exact) mass is 321 g/mol. The summed E-state index contributed by atoms with van der Waals surface area (Å²) in [6.07, 6.45) is 2.04. The Labute approximate surface area is 129 Å². The molecule has 3 N–H and O–H groups in total. The molecule has 0 aliphatic carbocycles. The fourth-order valence-corrected chi connectivity index (χ4v) is 2.50. The second kappa shape index (κ2) is 5.51. The Kier molecular flexibility index (Phi) is 3.67. The van der Waals surface area contributed by atoms with Gasteiger partial charge in [-0.2, -0.15) is 5.10 Å². The number of benzene rings is 1. The van der Waals surface area contributed by atoms with Crippen LogP contribution in [0, 0.1) is 5.82 Å². The van der Waals surface area contributed by atoms with Crippen LogP contribution in [-0.2, 0) is 0 Å². The largest absolute Gasteiger partial charge is 0.321 e. The zero-order valence-corrected chi connectivity index (χ0v) is 12.4. The average Bonchev–Trinajstić information content (AvgIpc) is 3.03. The number of aromatic amines is 1. The molecular weight excluding hydrogens is 309 g/mol. The van der Waals surface area contributed by atoms with Gasteiger partial charge < -0.3 is 5.73 Å². The first kappa shape index (κ1) is 14.7. The molecule has 22 heavy (non-hydrogen) atoms. The normalized spacial score (nSPS) is 12.7. The van der Waals surface area contributed by atoms with E-state index in [0.717, 1.165) is 0 Å². The molecule has 6 nitrogen and oxygen atoms in total. The molecule has 0 saturated carbocycles. The summed E-state index contributed by atoms with van der Waals surface area (Å²) in [5.74, 6) is 0.0434. The molecule has 1 atom stereocenters. The Hall–Kier alpha value is -2.25. The predicted molar refractivity (Wildman–Crippen MR) is 81.7 cm³/mol. The molecule has 3 rings (SSSR count). The number of nitrogens with two attached hydrogens (primary N) is 1. The summed E-state index contributed by atoms with van der Waals surface area (Å²) in [6.45, 7) is 1.85. The van der Waals surface area contributed by atoms with Crippen LogP contribution in [0.2, 0.25) is 5.02 Å². The van der Waals surface area contributed by atoms with Crippen LogP contribution in [0.15, 0.2) is 29.2 Å². The molecule has 0 bridgehead atoms. The molecule has 3 aromatic rings. The molecule has 0 saturated heterocycles. The zero-order chi connectivity index (χ0) is 15.9. The highest BCUT2D eigenvalue weighted by Gasteiger charge is 2.21. The van der Waals surface area contributed by atoms with Crippen molar-refractivity contribution in [1.29, 1.82) is 0 Å². The van der Waals surface area contributed by atoms with E-state index >= 15 is 0 Å². The molecule has 2 heterocycles. The second-order valence-electron chi connectivity index (χ2n) is 4.82. The minimum absolute atomic E-state index is 0.0170. The van der Waals surface area contributed by atoms with Gasteiger partial charge in [-0.05, 0) is 18.6 Å². The summed E-state index contributed by atoms with van der Waals surface area (Å²) in [6, 6.07) is 3.59. The van der Waals surface area contributed by atoms with Crippen molar-refractivity contribution in [2.45, 2.75) is 19.4 Å². The number of hydrogen-bond acceptors (Lipinski definition) is 4. The second-order valence-corrected chi connectivity index (χ2v) is 5.23. The molecule has 1 aromatic carbocycles. The quantitative estimate of drug-likeness (QED) is 0.774. The van der Waals surface area contributed by atoms with Crippen molar-refractivity contribution in [3.05, 3.63) is 51.4 Å². The van der Waals surface area contributed by atoms with Crippen LogP contribution in [0.4, 0.5) is 4.39 Å². The van der Waals surface area contributed by atoms with Gasteiger partial charge >= 0.3 is 0 Å². The van der Waals surface area contributed by atoms with Crippen molar-refractivity contribution < 1.29 is 4.39 Å². The van der Waals surface area contributed by atoms with Crippen molar-refractivity contribution in [2.75, 3.05) is 0 Å². The van der Waals surface area contributed by atoms with E-state index in [0.29, 0.717) is 12.2 Å². The highest BCUT2D eigenvalue weighted by molar-refractivity contribution is 6.35. The summed E-state index contributed by atoms with van der Waals surface area (Å²) in [7, 11) is 0. The van der Waals surface area contributed by atoms with E-state index < -0.39 is 17.4 Å². The van der Waals surface area contributed by atoms with Crippen molar-refractivity contribution in [3.63, 3.8) is 0 Å². The summed E-state index contributed by atoms with van der Waals surface area (Å²) < 4.78 is 15.3. The van der Waals surface area contributed by atoms with Crippen LogP contribution in [0.25, 0.3) is 16.7 Å². The van der Waals surface area contributed by atoms with Crippen molar-refractivity contribution in [1.82, 2.24) is 19.7 Å². The van der Waals surface area contributed by atoms with Crippen LogP contribution >= 0.6 is 11.6 Å². The highest BCUT2D eigenvalue weighted by Crippen LogP contribution is 2.24. The van der Waals surface area contributed by atoms with Crippen LogP contribution in [0.1, 0.15) is 25.2 Å². The van der Waals surface area contributed by atoms with Gasteiger partial charge in [0.05, 0.1) is 22.6 Å². The summed E-state index contributed by atoms with van der Waals surface area (Å²) >= 11 is 6.06. The lowest BCUT2D eigenvalue weighted by molar-refractivity contribution is 0.607. The average molecular weight is 322 g/mol. The number of nitrogens with one attached hydrogen (secondary N) is 1. The maximum Gasteiger partial charge on any atom is 0.268 e. The molecular formula is C14H13ClFN5O. The Morgan fingerprint density at radius 1 is 1.45 bits per heavy atom. The Morgan fingerprint density at radius 2 is 2.23 bits per heavy atom. The third kappa shape index (κ3) is 2.18. The number of hydrogen-bond donors (Lipinski definition) is 2. The van der Waals surface area contributed by atoms with Gasteiger partial charge in [-0.3, -0.25) is 9.89 Å². The topological polar surface area (TPSA) is 89.6 Å². The van der Waals surface area contributed by atoms with Crippen LogP contribution in [0.5, 0.6) is 0 Å². The Bertz CT molecular complexity index is 890. The van der Waals surface area contributed by atoms with E-state index in [4.69, 9.17) is 17.3 Å². The maximum atomic E-state index is 14.0. The molecule has 1 unspecified atom stereocenters. The standard InChI is InChI=1S/C14H13ClFN5O/c1-2-9(17)13-19-12-8(16)4-3-7(15)11(12)14(22)21(13)10-5-6-18-20-10/h3-6,9H,2,17H2,1H3,(H,18,20). The maximum absolute atomic E-state index is 14.0. The highest BCUT2D eigenvalue weighted by atomic mass is 35.5. The first-order valence-electron chi connectivity index (χ1n) is 6.70. The predicted octanol–water partition coefficient (Wildman–Crippen LogP) is 2.31. The fraction of sp³-hybridized carbons (Fsp3) is 0.214. The van der Waals surface area contributed by atoms with Crippen molar-refractivity contribution >= 4 is 22.5 Å². The number of rotatable bonds is 3. The van der Waals surface area contributed by atoms with Gasteiger partial charge in [-0.15, -0.1) is 0 Å². The smallest absolute Gasteiger partial charge is 0.268 e. The SMILES string of the molecule is CCC(N)c1nc2c(F)ccc(Cl)c2c(=O)n1-c1ccn[nH]1. The minimum atomic E-state index is -0.613. The van der Waals surface area contributed by atoms with Gasteiger partial charge in [0, 0.05) is 6.07 Å². The molecule has 0 fully saturated rings. The van der Waals surface area contributed by atoms with E-state index in [1.165, 1.54) is 22.9 Å². The van der Waals surface area contributed by atoms with Gasteiger partial charge in [-0.25, -0.2) is 13.9 Å². The number of fused-ring (bicyclic) bond motifs is 1. The van der Waals surface area contributed by atoms with Crippen molar-refractivity contribution in [2.24, 2.45) is 5.73 Å². The minimum Gasteiger partial charge on any atom is -0.321 e. The van der Waals surface area contributed by atoms with Crippen LogP contribution in [-0.4, -0.2) is 19.7 Å². The van der Waals surface area contributed by atoms with Gasteiger partial charge in [0.1, 0.15) is 23.0 Å². The lowest BCUT2D eigenvalue weighted by Gasteiger charge is -2.16. The van der Waals surface area contributed by atoms with Gasteiger partial charge in [0.2, 0.25) is 0 Å². The number of nitrogens with zero attached hydrogens (tertiary/aromatic N) is 3. The first-order valence-corrected chi connectivity index (χ1v) is 7.08. The van der Waals surface area contributed by atoms with E-state index in [2.05, 4.69) is 15.2 Å². The third-order valence-corrected chi connectivity index (χ3v) is 3.76. The van der Waals surface area contributed by atoms with Crippen LogP contribution in [0.3, 0.4) is 0 Å². The fourth-order valence-electron chi connectivity index (χ4n) is 2.27. The van der Waals surface area contributed by atoms with E-state index in [9.17, 15) is 9.18 Å². The molecule has 0 aliphatic heterocycles. The van der Waals surface area contributed by atoms with Gasteiger partial charge in [-0.1, -0.05) is 18.5 Å². The summed E-state index contributed by atoms with van der Waals surface area (Å²) in [4.78, 5) is 17.1. The van der Waals surface area contributed by atoms with E-state index in [1.54, 1.807) is 6.07 Å². The van der Waals surface area contributed by atoms with Crippen LogP contribution < -0.4 is 11.3 Å². The molecule has 0 spiro atoms. The summed E-state index contributed by atoms with van der Waals surface area (Å²) in [5, 5.41) is 6.67. The van der Waals surface area contributed by atoms with Gasteiger partial charge in [0.25, 0.3) is 5.56 Å². The van der Waals surface area contributed by atoms with Gasteiger partial charge in [0.15, 0.2) is 0 Å². The molecule has 0 amide bonds. The Balaban J connectivity index is 2.49. The summed E-state index contributed by atoms with van der Waals surface area (Å²) in [5.41, 5.74) is 5.47. The number of aromatic nitrogens is 4. The molecule has 2 aromatic heterocycles. The lowest BCUT2D eigenvalue weighted by atomic mass is 10.2. The molecule has 114 valence electrons. The number of H-pyrrole nitrogens is 1.